The molecule has 0 spiro atoms. The molecule has 0 bridgehead atoms. The second-order valence-corrected chi connectivity index (χ2v) is 3.88. The molecule has 1 aromatic rings. The van der Waals surface area contributed by atoms with Crippen LogP contribution in [0.5, 0.6) is 0 Å². The summed E-state index contributed by atoms with van der Waals surface area (Å²) in [6.45, 7) is 8.95. The van der Waals surface area contributed by atoms with E-state index in [0.717, 1.165) is 12.5 Å². The summed E-state index contributed by atoms with van der Waals surface area (Å²) in [5.41, 5.74) is 0. The number of imidazole rings is 1. The Bertz CT molecular complexity index is 291. The van der Waals surface area contributed by atoms with Crippen molar-refractivity contribution in [2.45, 2.75) is 45.7 Å². The number of hydrogen-bond donors (Lipinski definition) is 1. The molecule has 1 heterocycles. The molecule has 1 rings (SSSR count). The fraction of sp³-hybridized carbons (Fsp3) is 0.583. The summed E-state index contributed by atoms with van der Waals surface area (Å²) in [7, 11) is 0. The smallest absolute Gasteiger partial charge is 0.203 e. The summed E-state index contributed by atoms with van der Waals surface area (Å²) in [4.78, 5) is 4.29. The van der Waals surface area contributed by atoms with Crippen LogP contribution in [-0.2, 0) is 6.54 Å². The Labute approximate surface area is 92.2 Å². The highest BCUT2D eigenvalue weighted by Gasteiger charge is 2.05. The molecule has 3 heteroatoms. The first-order chi connectivity index (χ1) is 7.27. The van der Waals surface area contributed by atoms with E-state index >= 15 is 0 Å². The molecule has 1 aromatic heterocycles. The van der Waals surface area contributed by atoms with Crippen molar-refractivity contribution in [3.8, 4) is 0 Å². The molecule has 0 radical (unpaired) electrons. The van der Waals surface area contributed by atoms with Gasteiger partial charge in [0.1, 0.15) is 0 Å². The van der Waals surface area contributed by atoms with E-state index < -0.39 is 0 Å². The fourth-order valence-corrected chi connectivity index (χ4v) is 1.54. The second kappa shape index (κ2) is 6.27. The molecule has 1 unspecified atom stereocenters. The maximum Gasteiger partial charge on any atom is 0.203 e. The molecule has 0 saturated heterocycles. The van der Waals surface area contributed by atoms with Crippen LogP contribution in [0.3, 0.4) is 0 Å². The third-order valence-electron chi connectivity index (χ3n) is 2.41. The van der Waals surface area contributed by atoms with Gasteiger partial charge in [0.15, 0.2) is 0 Å². The summed E-state index contributed by atoms with van der Waals surface area (Å²) >= 11 is 0. The summed E-state index contributed by atoms with van der Waals surface area (Å²) in [5, 5.41) is 3.41. The molecule has 0 aliphatic heterocycles. The van der Waals surface area contributed by atoms with E-state index in [0.29, 0.717) is 6.04 Å². The van der Waals surface area contributed by atoms with Crippen molar-refractivity contribution in [3.63, 3.8) is 0 Å². The van der Waals surface area contributed by atoms with Crippen LogP contribution >= 0.6 is 0 Å². The molecular formula is C12H21N3. The van der Waals surface area contributed by atoms with Gasteiger partial charge in [0, 0.05) is 25.0 Å². The Hall–Kier alpha value is -1.25. The number of hydrogen-bond acceptors (Lipinski definition) is 2. The minimum atomic E-state index is 0.482. The SMILES string of the molecule is C=CCn1ccnc1NC(C)CCCC. The van der Waals surface area contributed by atoms with Gasteiger partial charge in [-0.3, -0.25) is 0 Å². The highest BCUT2D eigenvalue weighted by atomic mass is 15.2. The van der Waals surface area contributed by atoms with Crippen LogP contribution in [0.4, 0.5) is 5.95 Å². The molecule has 15 heavy (non-hydrogen) atoms. The van der Waals surface area contributed by atoms with Crippen molar-refractivity contribution in [2.75, 3.05) is 5.32 Å². The maximum atomic E-state index is 4.29. The predicted molar refractivity (Wildman–Crippen MR) is 65.0 cm³/mol. The van der Waals surface area contributed by atoms with E-state index in [9.17, 15) is 0 Å². The van der Waals surface area contributed by atoms with Crippen molar-refractivity contribution in [1.29, 1.82) is 0 Å². The van der Waals surface area contributed by atoms with E-state index in [1.807, 2.05) is 18.5 Å². The van der Waals surface area contributed by atoms with Gasteiger partial charge in [-0.05, 0) is 13.3 Å². The van der Waals surface area contributed by atoms with Gasteiger partial charge in [0.25, 0.3) is 0 Å². The molecule has 0 amide bonds. The zero-order chi connectivity index (χ0) is 11.1. The van der Waals surface area contributed by atoms with Crippen molar-refractivity contribution in [3.05, 3.63) is 25.0 Å². The van der Waals surface area contributed by atoms with Gasteiger partial charge in [-0.15, -0.1) is 6.58 Å². The summed E-state index contributed by atoms with van der Waals surface area (Å²) in [6, 6.07) is 0.482. The lowest BCUT2D eigenvalue weighted by Gasteiger charge is -2.14. The Morgan fingerprint density at radius 1 is 1.67 bits per heavy atom. The van der Waals surface area contributed by atoms with Crippen LogP contribution in [0, 0.1) is 0 Å². The van der Waals surface area contributed by atoms with E-state index in [-0.39, 0.29) is 0 Å². The first-order valence-electron chi connectivity index (χ1n) is 5.66. The van der Waals surface area contributed by atoms with Gasteiger partial charge in [-0.2, -0.15) is 0 Å². The minimum absolute atomic E-state index is 0.482. The van der Waals surface area contributed by atoms with Gasteiger partial charge >= 0.3 is 0 Å². The molecule has 0 saturated carbocycles. The van der Waals surface area contributed by atoms with Crippen molar-refractivity contribution in [1.82, 2.24) is 9.55 Å². The largest absolute Gasteiger partial charge is 0.353 e. The Balaban J connectivity index is 2.47. The van der Waals surface area contributed by atoms with Crippen molar-refractivity contribution >= 4 is 5.95 Å². The average molecular weight is 207 g/mol. The number of unbranched alkanes of at least 4 members (excludes halogenated alkanes) is 1. The molecule has 0 aromatic carbocycles. The summed E-state index contributed by atoms with van der Waals surface area (Å²) < 4.78 is 2.06. The maximum absolute atomic E-state index is 4.29. The molecule has 1 atom stereocenters. The van der Waals surface area contributed by atoms with Crippen LogP contribution in [0.25, 0.3) is 0 Å². The zero-order valence-electron chi connectivity index (χ0n) is 9.74. The van der Waals surface area contributed by atoms with Crippen LogP contribution in [0.15, 0.2) is 25.0 Å². The third-order valence-corrected chi connectivity index (χ3v) is 2.41. The topological polar surface area (TPSA) is 29.9 Å². The quantitative estimate of drug-likeness (QED) is 0.696. The van der Waals surface area contributed by atoms with Crippen molar-refractivity contribution < 1.29 is 0 Å². The minimum Gasteiger partial charge on any atom is -0.353 e. The lowest BCUT2D eigenvalue weighted by atomic mass is 10.1. The third kappa shape index (κ3) is 3.78. The lowest BCUT2D eigenvalue weighted by molar-refractivity contribution is 0.635. The lowest BCUT2D eigenvalue weighted by Crippen LogP contribution is -2.18. The molecular weight excluding hydrogens is 186 g/mol. The Kier molecular flexibility index (Phi) is 4.95. The highest BCUT2D eigenvalue weighted by molar-refractivity contribution is 5.27. The van der Waals surface area contributed by atoms with E-state index in [2.05, 4.69) is 35.3 Å². The molecule has 0 aliphatic rings. The Morgan fingerprint density at radius 3 is 3.13 bits per heavy atom. The van der Waals surface area contributed by atoms with Gasteiger partial charge in [0.2, 0.25) is 5.95 Å². The normalized spacial score (nSPS) is 12.4. The van der Waals surface area contributed by atoms with Crippen LogP contribution < -0.4 is 5.32 Å². The van der Waals surface area contributed by atoms with Gasteiger partial charge in [-0.1, -0.05) is 25.8 Å². The first kappa shape index (κ1) is 11.8. The van der Waals surface area contributed by atoms with Gasteiger partial charge in [0.05, 0.1) is 0 Å². The van der Waals surface area contributed by atoms with Crippen LogP contribution in [0.1, 0.15) is 33.1 Å². The fourth-order valence-electron chi connectivity index (χ4n) is 1.54. The second-order valence-electron chi connectivity index (χ2n) is 3.88. The summed E-state index contributed by atoms with van der Waals surface area (Å²) in [5.74, 6) is 0.943. The van der Waals surface area contributed by atoms with E-state index in [1.54, 1.807) is 0 Å². The number of aromatic nitrogens is 2. The van der Waals surface area contributed by atoms with E-state index in [4.69, 9.17) is 0 Å². The monoisotopic (exact) mass is 207 g/mol. The molecule has 1 N–H and O–H groups in total. The number of allylic oxidation sites excluding steroid dienone is 1. The molecule has 3 nitrogen and oxygen atoms in total. The van der Waals surface area contributed by atoms with Crippen molar-refractivity contribution in [2.24, 2.45) is 0 Å². The average Bonchev–Trinajstić information content (AvgIpc) is 2.63. The standard InChI is InChI=1S/C12H21N3/c1-4-6-7-11(3)14-12-13-8-10-15(12)9-5-2/h5,8,10-11H,2,4,6-7,9H2,1,3H3,(H,13,14). The highest BCUT2D eigenvalue weighted by Crippen LogP contribution is 2.09. The number of anilines is 1. The van der Waals surface area contributed by atoms with E-state index in [1.165, 1.54) is 19.3 Å². The van der Waals surface area contributed by atoms with Crippen LogP contribution in [0.2, 0.25) is 0 Å². The molecule has 0 aliphatic carbocycles. The van der Waals surface area contributed by atoms with Crippen LogP contribution in [-0.4, -0.2) is 15.6 Å². The zero-order valence-corrected chi connectivity index (χ0v) is 9.74. The molecule has 84 valence electrons. The van der Waals surface area contributed by atoms with Gasteiger partial charge < -0.3 is 9.88 Å². The number of rotatable bonds is 7. The summed E-state index contributed by atoms with van der Waals surface area (Å²) in [6.07, 6.45) is 9.36. The van der Waals surface area contributed by atoms with Gasteiger partial charge in [-0.25, -0.2) is 4.98 Å². The first-order valence-corrected chi connectivity index (χ1v) is 5.66. The Morgan fingerprint density at radius 2 is 2.47 bits per heavy atom. The predicted octanol–water partition coefficient (Wildman–Crippen LogP) is 3.06. The number of nitrogens with one attached hydrogen (secondary N) is 1. The molecule has 0 fully saturated rings. The number of nitrogens with zero attached hydrogens (tertiary/aromatic N) is 2.